The number of nitrogens with zero attached hydrogens (tertiary/aromatic N) is 2. The van der Waals surface area contributed by atoms with Crippen molar-refractivity contribution in [3.8, 4) is 6.07 Å². The van der Waals surface area contributed by atoms with Crippen molar-refractivity contribution < 1.29 is 4.79 Å². The van der Waals surface area contributed by atoms with Crippen molar-refractivity contribution in [1.29, 1.82) is 5.26 Å². The summed E-state index contributed by atoms with van der Waals surface area (Å²) in [5, 5.41) is 8.72. The van der Waals surface area contributed by atoms with Crippen molar-refractivity contribution in [2.24, 2.45) is 0 Å². The lowest BCUT2D eigenvalue weighted by molar-refractivity contribution is -0.109. The Morgan fingerprint density at radius 3 is 3.13 bits per heavy atom. The molecule has 1 aromatic rings. The Morgan fingerprint density at radius 1 is 1.67 bits per heavy atom. The maximum Gasteiger partial charge on any atom is 0.186 e. The quantitative estimate of drug-likeness (QED) is 0.780. The Kier molecular flexibility index (Phi) is 4.58. The molecular formula is C11H10N2OS. The molecule has 4 heteroatoms. The maximum absolute atomic E-state index is 10.6. The maximum atomic E-state index is 10.6. The van der Waals surface area contributed by atoms with Crippen molar-refractivity contribution in [2.45, 2.75) is 6.92 Å². The zero-order chi connectivity index (χ0) is 11.1. The molecule has 0 radical (unpaired) electrons. The molecule has 0 aliphatic carbocycles. The van der Waals surface area contributed by atoms with Gasteiger partial charge >= 0.3 is 0 Å². The molecule has 3 nitrogen and oxygen atoms in total. The van der Waals surface area contributed by atoms with E-state index >= 15 is 0 Å². The predicted octanol–water partition coefficient (Wildman–Crippen LogP) is 2.25. The van der Waals surface area contributed by atoms with Gasteiger partial charge in [0.25, 0.3) is 0 Å². The van der Waals surface area contributed by atoms with Gasteiger partial charge in [-0.05, 0) is 18.2 Å². The minimum Gasteiger partial charge on any atom is -0.288 e. The Bertz CT molecular complexity index is 421. The minimum atomic E-state index is 0.0957. The Hall–Kier alpha value is -1.60. The van der Waals surface area contributed by atoms with Crippen molar-refractivity contribution in [1.82, 2.24) is 4.98 Å². The van der Waals surface area contributed by atoms with Crippen LogP contribution in [0.15, 0.2) is 24.3 Å². The molecule has 0 N–H and O–H groups in total. The van der Waals surface area contributed by atoms with E-state index < -0.39 is 0 Å². The number of hydrogen-bond acceptors (Lipinski definition) is 4. The number of nitriles is 1. The Labute approximate surface area is 92.8 Å². The van der Waals surface area contributed by atoms with Crippen LogP contribution in [0.5, 0.6) is 0 Å². The van der Waals surface area contributed by atoms with Crippen LogP contribution in [0.1, 0.15) is 18.3 Å². The molecule has 0 aliphatic rings. The van der Waals surface area contributed by atoms with Crippen LogP contribution >= 0.6 is 11.8 Å². The lowest BCUT2D eigenvalue weighted by Gasteiger charge is -1.93. The molecule has 15 heavy (non-hydrogen) atoms. The van der Waals surface area contributed by atoms with Crippen molar-refractivity contribution in [2.75, 3.05) is 5.75 Å². The van der Waals surface area contributed by atoms with Crippen LogP contribution < -0.4 is 0 Å². The summed E-state index contributed by atoms with van der Waals surface area (Å²) < 4.78 is 0. The summed E-state index contributed by atoms with van der Waals surface area (Å²) in [6.45, 7) is 1.53. The van der Waals surface area contributed by atoms with Gasteiger partial charge in [-0.25, -0.2) is 4.98 Å². The predicted molar refractivity (Wildman–Crippen MR) is 61.1 cm³/mol. The smallest absolute Gasteiger partial charge is 0.186 e. The first kappa shape index (κ1) is 11.5. The highest BCUT2D eigenvalue weighted by molar-refractivity contribution is 8.13. The van der Waals surface area contributed by atoms with Crippen LogP contribution in [0.2, 0.25) is 0 Å². The molecule has 1 rings (SSSR count). The van der Waals surface area contributed by atoms with E-state index in [1.165, 1.54) is 18.7 Å². The normalized spacial score (nSPS) is 10.1. The molecule has 0 fully saturated rings. The average Bonchev–Trinajstić information content (AvgIpc) is 2.24. The largest absolute Gasteiger partial charge is 0.288 e. The topological polar surface area (TPSA) is 53.8 Å². The number of hydrogen-bond donors (Lipinski definition) is 0. The average molecular weight is 218 g/mol. The standard InChI is InChI=1S/C11H10N2OS/c1-9(14)15-7-3-6-10-4-2-5-11(8-12)13-10/h2-6H,7H2,1H3. The summed E-state index contributed by atoms with van der Waals surface area (Å²) in [4.78, 5) is 14.7. The van der Waals surface area contributed by atoms with E-state index in [2.05, 4.69) is 4.98 Å². The van der Waals surface area contributed by atoms with Gasteiger partial charge in [0.1, 0.15) is 11.8 Å². The van der Waals surface area contributed by atoms with Crippen LogP contribution in [0.4, 0.5) is 0 Å². The van der Waals surface area contributed by atoms with Gasteiger partial charge in [0.15, 0.2) is 5.12 Å². The van der Waals surface area contributed by atoms with E-state index in [9.17, 15) is 4.79 Å². The SMILES string of the molecule is CC(=O)SCC=Cc1cccc(C#N)n1. The van der Waals surface area contributed by atoms with Gasteiger partial charge in [-0.2, -0.15) is 5.26 Å². The fourth-order valence-corrected chi connectivity index (χ4v) is 1.37. The van der Waals surface area contributed by atoms with Gasteiger partial charge < -0.3 is 0 Å². The monoisotopic (exact) mass is 218 g/mol. The third kappa shape index (κ3) is 4.43. The first-order valence-corrected chi connectivity index (χ1v) is 5.38. The fourth-order valence-electron chi connectivity index (χ4n) is 0.941. The number of rotatable bonds is 3. The zero-order valence-corrected chi connectivity index (χ0v) is 9.12. The van der Waals surface area contributed by atoms with Crippen LogP contribution in [0.3, 0.4) is 0 Å². The first-order chi connectivity index (χ1) is 7.22. The summed E-state index contributed by atoms with van der Waals surface area (Å²) in [5.74, 6) is 0.633. The summed E-state index contributed by atoms with van der Waals surface area (Å²) in [5.41, 5.74) is 1.13. The number of pyridine rings is 1. The number of carbonyl (C=O) groups is 1. The summed E-state index contributed by atoms with van der Waals surface area (Å²) in [6, 6.07) is 7.22. The highest BCUT2D eigenvalue weighted by Gasteiger charge is 1.93. The van der Waals surface area contributed by atoms with Gasteiger partial charge in [-0.1, -0.05) is 23.9 Å². The molecule has 0 aliphatic heterocycles. The third-order valence-electron chi connectivity index (χ3n) is 1.56. The van der Waals surface area contributed by atoms with Crippen molar-refractivity contribution in [3.63, 3.8) is 0 Å². The van der Waals surface area contributed by atoms with Crippen LogP contribution in [-0.4, -0.2) is 15.9 Å². The molecule has 0 saturated carbocycles. The number of thioether (sulfide) groups is 1. The van der Waals surface area contributed by atoms with Gasteiger partial charge in [0.05, 0.1) is 5.69 Å². The fraction of sp³-hybridized carbons (Fsp3) is 0.182. The summed E-state index contributed by atoms with van der Waals surface area (Å²) >= 11 is 1.24. The van der Waals surface area contributed by atoms with E-state index in [0.717, 1.165) is 5.69 Å². The summed E-state index contributed by atoms with van der Waals surface area (Å²) in [6.07, 6.45) is 3.66. The summed E-state index contributed by atoms with van der Waals surface area (Å²) in [7, 11) is 0. The minimum absolute atomic E-state index is 0.0957. The molecule has 0 unspecified atom stereocenters. The van der Waals surface area contributed by atoms with Crippen LogP contribution in [-0.2, 0) is 4.79 Å². The second kappa shape index (κ2) is 5.99. The van der Waals surface area contributed by atoms with E-state index in [-0.39, 0.29) is 5.12 Å². The highest BCUT2D eigenvalue weighted by atomic mass is 32.2. The molecule has 0 atom stereocenters. The van der Waals surface area contributed by atoms with Gasteiger partial charge in [0, 0.05) is 12.7 Å². The number of aromatic nitrogens is 1. The Morgan fingerprint density at radius 2 is 2.47 bits per heavy atom. The molecule has 0 spiro atoms. The molecule has 1 aromatic heterocycles. The lowest BCUT2D eigenvalue weighted by atomic mass is 10.3. The lowest BCUT2D eigenvalue weighted by Crippen LogP contribution is -1.86. The van der Waals surface area contributed by atoms with Crippen molar-refractivity contribution in [3.05, 3.63) is 35.7 Å². The molecule has 0 bridgehead atoms. The van der Waals surface area contributed by atoms with Crippen LogP contribution in [0, 0.1) is 11.3 Å². The Balaban J connectivity index is 2.57. The van der Waals surface area contributed by atoms with E-state index in [0.29, 0.717) is 11.4 Å². The molecule has 76 valence electrons. The van der Waals surface area contributed by atoms with E-state index in [1.807, 2.05) is 18.2 Å². The van der Waals surface area contributed by atoms with Crippen LogP contribution in [0.25, 0.3) is 6.08 Å². The zero-order valence-electron chi connectivity index (χ0n) is 8.30. The van der Waals surface area contributed by atoms with Gasteiger partial charge in [-0.15, -0.1) is 0 Å². The van der Waals surface area contributed by atoms with E-state index in [1.54, 1.807) is 18.2 Å². The highest BCUT2D eigenvalue weighted by Crippen LogP contribution is 2.04. The molecule has 1 heterocycles. The molecule has 0 saturated heterocycles. The van der Waals surface area contributed by atoms with Gasteiger partial charge in [-0.3, -0.25) is 4.79 Å². The second-order valence-corrected chi connectivity index (χ2v) is 3.96. The molecule has 0 aromatic carbocycles. The second-order valence-electron chi connectivity index (χ2n) is 2.76. The van der Waals surface area contributed by atoms with Gasteiger partial charge in [0.2, 0.25) is 0 Å². The van der Waals surface area contributed by atoms with E-state index in [4.69, 9.17) is 5.26 Å². The first-order valence-electron chi connectivity index (χ1n) is 4.39. The molecular weight excluding hydrogens is 208 g/mol. The number of carbonyl (C=O) groups excluding carboxylic acids is 1. The molecule has 0 amide bonds. The third-order valence-corrected chi connectivity index (χ3v) is 2.32. The van der Waals surface area contributed by atoms with Crippen molar-refractivity contribution >= 4 is 23.0 Å².